The molecule has 0 aliphatic carbocycles. The maximum atomic E-state index is 2.48. The van der Waals surface area contributed by atoms with Gasteiger partial charge in [-0.15, -0.1) is 0 Å². The van der Waals surface area contributed by atoms with E-state index < -0.39 is 0 Å². The lowest BCUT2D eigenvalue weighted by molar-refractivity contribution is 1.18. The molecule has 0 amide bonds. The fourth-order valence-corrected chi connectivity index (χ4v) is 10.1. The Morgan fingerprint density at radius 2 is 0.788 bits per heavy atom. The molecule has 11 aromatic carbocycles. The van der Waals surface area contributed by atoms with Crippen LogP contribution in [0.3, 0.4) is 0 Å². The summed E-state index contributed by atoms with van der Waals surface area (Å²) in [7, 11) is 0. The van der Waals surface area contributed by atoms with Crippen LogP contribution in [0.1, 0.15) is 0 Å². The Morgan fingerprint density at radius 1 is 0.288 bits per heavy atom. The molecule has 0 aliphatic heterocycles. The smallest absolute Gasteiger partial charge is 0.0547 e. The average molecular weight is 841 g/mol. The van der Waals surface area contributed by atoms with E-state index in [1.165, 1.54) is 71.5 Å². The first-order valence-corrected chi connectivity index (χ1v) is 22.7. The van der Waals surface area contributed by atoms with Gasteiger partial charge in [0.25, 0.3) is 0 Å². The van der Waals surface area contributed by atoms with Crippen LogP contribution >= 0.6 is 0 Å². The number of anilines is 3. The van der Waals surface area contributed by atoms with Gasteiger partial charge in [0.15, 0.2) is 0 Å². The first-order chi connectivity index (χ1) is 32.8. The molecular weight excluding hydrogens is 797 g/mol. The lowest BCUT2D eigenvalue weighted by atomic mass is 9.84. The second-order valence-corrected chi connectivity index (χ2v) is 16.8. The van der Waals surface area contributed by atoms with E-state index in [1.54, 1.807) is 0 Å². The highest BCUT2D eigenvalue weighted by Gasteiger charge is 2.24. The Bertz CT molecular complexity index is 3690. The van der Waals surface area contributed by atoms with Gasteiger partial charge >= 0.3 is 0 Å². The van der Waals surface area contributed by atoms with Gasteiger partial charge in [0, 0.05) is 33.1 Å². The predicted octanol–water partition coefficient (Wildman–Crippen LogP) is 17.7. The number of nitrogens with zero attached hydrogens (tertiary/aromatic N) is 2. The maximum absolute atomic E-state index is 2.48. The lowest BCUT2D eigenvalue weighted by Gasteiger charge is -2.30. The molecule has 0 saturated carbocycles. The number of aromatic nitrogens is 1. The Hall–Kier alpha value is -8.72. The topological polar surface area (TPSA) is 8.17 Å². The van der Waals surface area contributed by atoms with E-state index in [2.05, 4.69) is 276 Å². The van der Waals surface area contributed by atoms with Crippen molar-refractivity contribution in [3.63, 3.8) is 0 Å². The number of rotatable bonds is 9. The molecule has 12 aromatic rings. The van der Waals surface area contributed by atoms with Crippen molar-refractivity contribution in [2.75, 3.05) is 4.90 Å². The van der Waals surface area contributed by atoms with Crippen LogP contribution in [0, 0.1) is 0 Å². The molecule has 2 nitrogen and oxygen atoms in total. The molecule has 2 heteroatoms. The highest BCUT2D eigenvalue weighted by molar-refractivity contribution is 6.16. The highest BCUT2D eigenvalue weighted by Crippen LogP contribution is 2.50. The molecular formula is C64H44N2. The van der Waals surface area contributed by atoms with Gasteiger partial charge < -0.3 is 9.47 Å². The third-order valence-electron chi connectivity index (χ3n) is 13.0. The number of hydrogen-bond acceptors (Lipinski definition) is 1. The summed E-state index contributed by atoms with van der Waals surface area (Å²) in [6.07, 6.45) is 0. The Balaban J connectivity index is 1.11. The zero-order valence-electron chi connectivity index (χ0n) is 36.3. The Kier molecular flexibility index (Phi) is 9.89. The molecule has 0 bridgehead atoms. The number of hydrogen-bond donors (Lipinski definition) is 0. The first-order valence-electron chi connectivity index (χ1n) is 22.7. The number of fused-ring (bicyclic) bond motifs is 4. The zero-order valence-corrected chi connectivity index (χ0v) is 36.3. The van der Waals surface area contributed by atoms with E-state index in [-0.39, 0.29) is 0 Å². The van der Waals surface area contributed by atoms with E-state index in [0.29, 0.717) is 0 Å². The minimum Gasteiger partial charge on any atom is -0.309 e. The number of benzene rings is 11. The van der Waals surface area contributed by atoms with Crippen LogP contribution in [0.15, 0.2) is 267 Å². The van der Waals surface area contributed by atoms with Crippen molar-refractivity contribution in [1.82, 2.24) is 4.57 Å². The van der Waals surface area contributed by atoms with Gasteiger partial charge in [0.05, 0.1) is 22.4 Å². The van der Waals surface area contributed by atoms with Gasteiger partial charge in [0.1, 0.15) is 0 Å². The van der Waals surface area contributed by atoms with E-state index in [4.69, 9.17) is 0 Å². The van der Waals surface area contributed by atoms with Gasteiger partial charge in [-0.3, -0.25) is 0 Å². The van der Waals surface area contributed by atoms with Gasteiger partial charge in [-0.2, -0.15) is 0 Å². The molecule has 0 saturated heterocycles. The molecule has 1 heterocycles. The summed E-state index contributed by atoms with van der Waals surface area (Å²) in [6, 6.07) is 97.0. The fourth-order valence-electron chi connectivity index (χ4n) is 10.1. The molecule has 0 atom stereocenters. The van der Waals surface area contributed by atoms with E-state index in [1.807, 2.05) is 0 Å². The second-order valence-electron chi connectivity index (χ2n) is 16.8. The fraction of sp³-hybridized carbons (Fsp3) is 0. The van der Waals surface area contributed by atoms with E-state index in [0.717, 1.165) is 39.4 Å². The third kappa shape index (κ3) is 6.75. The summed E-state index contributed by atoms with van der Waals surface area (Å²) in [5.41, 5.74) is 18.6. The molecule has 0 unspecified atom stereocenters. The van der Waals surface area contributed by atoms with E-state index in [9.17, 15) is 0 Å². The lowest BCUT2D eigenvalue weighted by Crippen LogP contribution is -2.12. The van der Waals surface area contributed by atoms with Crippen LogP contribution in [0.5, 0.6) is 0 Å². The van der Waals surface area contributed by atoms with E-state index >= 15 is 0 Å². The summed E-state index contributed by atoms with van der Waals surface area (Å²) in [5.74, 6) is 0. The molecule has 12 rings (SSSR count). The van der Waals surface area contributed by atoms with Crippen LogP contribution in [0.2, 0.25) is 0 Å². The third-order valence-corrected chi connectivity index (χ3v) is 13.0. The quantitative estimate of drug-likeness (QED) is 0.141. The van der Waals surface area contributed by atoms with Crippen LogP contribution in [0.4, 0.5) is 17.1 Å². The molecule has 0 radical (unpaired) electrons. The van der Waals surface area contributed by atoms with Crippen molar-refractivity contribution in [2.45, 2.75) is 0 Å². The van der Waals surface area contributed by atoms with Crippen LogP contribution in [-0.2, 0) is 0 Å². The van der Waals surface area contributed by atoms with Crippen LogP contribution < -0.4 is 4.90 Å². The minimum absolute atomic E-state index is 1.07. The molecule has 0 spiro atoms. The average Bonchev–Trinajstić information content (AvgIpc) is 3.74. The monoisotopic (exact) mass is 840 g/mol. The SMILES string of the molecule is c1ccc(-c2ccccc2-c2c(-c3ccccc3)cccc2-c2ccccc2N(c2cccc(-c3cccc4c3c3ccccc3n4-c3ccccc3)c2)c2cccc3ccccc23)cc1. The largest absolute Gasteiger partial charge is 0.309 e. The first kappa shape index (κ1) is 38.9. The van der Waals surface area contributed by atoms with Crippen LogP contribution in [-0.4, -0.2) is 4.57 Å². The second kappa shape index (κ2) is 16.8. The molecule has 1 aromatic heterocycles. The van der Waals surface area contributed by atoms with Gasteiger partial charge in [0.2, 0.25) is 0 Å². The predicted molar refractivity (Wildman–Crippen MR) is 280 cm³/mol. The molecule has 0 aliphatic rings. The van der Waals surface area contributed by atoms with Gasteiger partial charge in [-0.25, -0.2) is 0 Å². The summed E-state index contributed by atoms with van der Waals surface area (Å²) in [5, 5.41) is 4.84. The molecule has 66 heavy (non-hydrogen) atoms. The Morgan fingerprint density at radius 3 is 1.59 bits per heavy atom. The summed E-state index contributed by atoms with van der Waals surface area (Å²) < 4.78 is 2.40. The van der Waals surface area contributed by atoms with Crippen molar-refractivity contribution >= 4 is 49.6 Å². The minimum atomic E-state index is 1.07. The molecule has 0 fully saturated rings. The standard InChI is InChI=1S/C64H44N2/c1-4-22-45(23-5-1)51-32-12-13-35-56(51)63-53(47-24-6-2-7-25-47)37-20-39-57(63)55-34-14-16-40-60(55)66(59-42-19-27-46-26-10-11-33-52(46)59)50-31-18-28-48(44-50)54-38-21-43-62-64(54)58-36-15-17-41-61(58)65(62)49-29-8-3-9-30-49/h1-44H. The molecule has 310 valence electrons. The van der Waals surface area contributed by atoms with Crippen molar-refractivity contribution < 1.29 is 0 Å². The summed E-state index contributed by atoms with van der Waals surface area (Å²) in [6.45, 7) is 0. The maximum Gasteiger partial charge on any atom is 0.0547 e. The summed E-state index contributed by atoms with van der Waals surface area (Å²) >= 11 is 0. The summed E-state index contributed by atoms with van der Waals surface area (Å²) in [4.78, 5) is 2.48. The molecule has 0 N–H and O–H groups in total. The zero-order chi connectivity index (χ0) is 43.8. The Labute approximate surface area is 385 Å². The van der Waals surface area contributed by atoms with Crippen molar-refractivity contribution in [3.8, 4) is 61.3 Å². The highest BCUT2D eigenvalue weighted by atomic mass is 15.1. The van der Waals surface area contributed by atoms with Crippen molar-refractivity contribution in [3.05, 3.63) is 267 Å². The number of para-hydroxylation sites is 3. The van der Waals surface area contributed by atoms with Gasteiger partial charge in [-0.1, -0.05) is 218 Å². The van der Waals surface area contributed by atoms with Gasteiger partial charge in [-0.05, 0) is 104 Å². The van der Waals surface area contributed by atoms with Crippen molar-refractivity contribution in [1.29, 1.82) is 0 Å². The van der Waals surface area contributed by atoms with Crippen LogP contribution in [0.25, 0.3) is 93.9 Å². The van der Waals surface area contributed by atoms with Crippen molar-refractivity contribution in [2.24, 2.45) is 0 Å². The normalized spacial score (nSPS) is 11.3.